The highest BCUT2D eigenvalue weighted by atomic mass is 32.1. The number of hydrogen-bond donors (Lipinski definition) is 2. The molecule has 0 fully saturated rings. The van der Waals surface area contributed by atoms with Gasteiger partial charge in [0.2, 0.25) is 0 Å². The van der Waals surface area contributed by atoms with Gasteiger partial charge in [0.15, 0.2) is 0 Å². The van der Waals surface area contributed by atoms with E-state index in [1.807, 2.05) is 12.1 Å². The van der Waals surface area contributed by atoms with Gasteiger partial charge in [-0.3, -0.25) is 0 Å². The molecule has 0 aliphatic heterocycles. The highest BCUT2D eigenvalue weighted by Gasteiger charge is 2.21. The summed E-state index contributed by atoms with van der Waals surface area (Å²) < 4.78 is 5.32. The van der Waals surface area contributed by atoms with E-state index in [2.05, 4.69) is 12.6 Å². The topological polar surface area (TPSA) is 63.6 Å². The van der Waals surface area contributed by atoms with Crippen molar-refractivity contribution in [3.05, 3.63) is 71.8 Å². The largest absolute Gasteiger partial charge is 0.478 e. The summed E-state index contributed by atoms with van der Waals surface area (Å²) in [5.74, 6) is -1.54. The Labute approximate surface area is 137 Å². The van der Waals surface area contributed by atoms with Gasteiger partial charge < -0.3 is 9.84 Å². The zero-order chi connectivity index (χ0) is 16.4. The Bertz CT molecular complexity index is 901. The van der Waals surface area contributed by atoms with E-state index in [1.165, 1.54) is 6.07 Å². The number of benzene rings is 3. The van der Waals surface area contributed by atoms with Crippen LogP contribution in [0.4, 0.5) is 0 Å². The van der Waals surface area contributed by atoms with E-state index in [0.717, 1.165) is 10.3 Å². The molecular formula is C18H12O4S. The van der Waals surface area contributed by atoms with Crippen LogP contribution in [0.2, 0.25) is 0 Å². The SMILES string of the molecule is O=C(O)c1ccc2ccccc2c1C(=O)Oc1ccc(S)cc1. The van der Waals surface area contributed by atoms with Gasteiger partial charge in [-0.15, -0.1) is 12.6 Å². The Kier molecular flexibility index (Phi) is 4.04. The molecule has 0 saturated carbocycles. The van der Waals surface area contributed by atoms with E-state index in [0.29, 0.717) is 11.1 Å². The van der Waals surface area contributed by atoms with Gasteiger partial charge in [0, 0.05) is 4.90 Å². The maximum absolute atomic E-state index is 12.5. The van der Waals surface area contributed by atoms with Crippen LogP contribution in [-0.4, -0.2) is 17.0 Å². The molecule has 0 unspecified atom stereocenters. The summed E-state index contributed by atoms with van der Waals surface area (Å²) in [6, 6.07) is 16.8. The molecule has 23 heavy (non-hydrogen) atoms. The Morgan fingerprint density at radius 2 is 1.61 bits per heavy atom. The van der Waals surface area contributed by atoms with Gasteiger partial charge in [0.05, 0.1) is 11.1 Å². The number of carbonyl (C=O) groups is 2. The second kappa shape index (κ2) is 6.14. The second-order valence-corrected chi connectivity index (χ2v) is 5.41. The molecule has 0 heterocycles. The van der Waals surface area contributed by atoms with Crippen LogP contribution < -0.4 is 4.74 Å². The summed E-state index contributed by atoms with van der Waals surface area (Å²) in [6.45, 7) is 0. The minimum absolute atomic E-state index is 0.0468. The Hall–Kier alpha value is -2.79. The summed E-state index contributed by atoms with van der Waals surface area (Å²) in [7, 11) is 0. The highest BCUT2D eigenvalue weighted by Crippen LogP contribution is 2.25. The van der Waals surface area contributed by atoms with Crippen LogP contribution in [0.1, 0.15) is 20.7 Å². The van der Waals surface area contributed by atoms with Crippen molar-refractivity contribution in [1.29, 1.82) is 0 Å². The van der Waals surface area contributed by atoms with Crippen LogP contribution in [0.3, 0.4) is 0 Å². The van der Waals surface area contributed by atoms with Crippen molar-refractivity contribution in [2.24, 2.45) is 0 Å². The molecule has 114 valence electrons. The van der Waals surface area contributed by atoms with Crippen molar-refractivity contribution >= 4 is 35.3 Å². The predicted molar refractivity (Wildman–Crippen MR) is 89.6 cm³/mol. The van der Waals surface area contributed by atoms with Crippen LogP contribution in [0, 0.1) is 0 Å². The minimum atomic E-state index is -1.17. The first kappa shape index (κ1) is 15.1. The number of carbonyl (C=O) groups excluding carboxylic acids is 1. The van der Waals surface area contributed by atoms with Crippen LogP contribution in [0.5, 0.6) is 5.75 Å². The molecule has 1 N–H and O–H groups in total. The zero-order valence-corrected chi connectivity index (χ0v) is 12.8. The van der Waals surface area contributed by atoms with Gasteiger partial charge in [-0.05, 0) is 41.1 Å². The normalized spacial score (nSPS) is 10.5. The van der Waals surface area contributed by atoms with Crippen molar-refractivity contribution in [3.63, 3.8) is 0 Å². The molecule has 5 heteroatoms. The summed E-state index contributed by atoms with van der Waals surface area (Å²) in [5.41, 5.74) is -0.0370. The molecule has 0 atom stereocenters. The number of esters is 1. The molecule has 3 aromatic rings. The number of thiol groups is 1. The van der Waals surface area contributed by atoms with E-state index < -0.39 is 11.9 Å². The van der Waals surface area contributed by atoms with Crippen molar-refractivity contribution in [3.8, 4) is 5.75 Å². The van der Waals surface area contributed by atoms with Gasteiger partial charge >= 0.3 is 11.9 Å². The quantitative estimate of drug-likeness (QED) is 0.433. The van der Waals surface area contributed by atoms with E-state index >= 15 is 0 Å². The smallest absolute Gasteiger partial charge is 0.345 e. The maximum Gasteiger partial charge on any atom is 0.345 e. The molecule has 0 aliphatic rings. The monoisotopic (exact) mass is 324 g/mol. The molecule has 0 bridgehead atoms. The summed E-state index contributed by atoms with van der Waals surface area (Å²) in [4.78, 5) is 24.7. The average Bonchev–Trinajstić information content (AvgIpc) is 2.55. The first-order valence-corrected chi connectivity index (χ1v) is 7.27. The molecule has 3 rings (SSSR count). The number of rotatable bonds is 3. The van der Waals surface area contributed by atoms with Crippen LogP contribution in [0.15, 0.2) is 65.6 Å². The fourth-order valence-electron chi connectivity index (χ4n) is 2.34. The summed E-state index contributed by atoms with van der Waals surface area (Å²) in [6.07, 6.45) is 0. The number of ether oxygens (including phenoxy) is 1. The molecule has 0 saturated heterocycles. The Balaban J connectivity index is 2.09. The molecule has 4 nitrogen and oxygen atoms in total. The number of carboxylic acids is 1. The number of fused-ring (bicyclic) bond motifs is 1. The number of aromatic carboxylic acids is 1. The lowest BCUT2D eigenvalue weighted by atomic mass is 9.99. The van der Waals surface area contributed by atoms with Crippen LogP contribution >= 0.6 is 12.6 Å². The van der Waals surface area contributed by atoms with Crippen molar-refractivity contribution in [2.75, 3.05) is 0 Å². The maximum atomic E-state index is 12.5. The first-order valence-electron chi connectivity index (χ1n) is 6.82. The van der Waals surface area contributed by atoms with Gasteiger partial charge in [-0.2, -0.15) is 0 Å². The summed E-state index contributed by atoms with van der Waals surface area (Å²) in [5, 5.41) is 10.7. The highest BCUT2D eigenvalue weighted by molar-refractivity contribution is 7.80. The van der Waals surface area contributed by atoms with Gasteiger partial charge in [-0.1, -0.05) is 30.3 Å². The lowest BCUT2D eigenvalue weighted by molar-refractivity contribution is 0.0669. The molecular weight excluding hydrogens is 312 g/mol. The molecule has 0 aliphatic carbocycles. The minimum Gasteiger partial charge on any atom is -0.478 e. The number of hydrogen-bond acceptors (Lipinski definition) is 4. The van der Waals surface area contributed by atoms with Gasteiger partial charge in [0.1, 0.15) is 5.75 Å². The molecule has 0 spiro atoms. The van der Waals surface area contributed by atoms with Crippen LogP contribution in [0.25, 0.3) is 10.8 Å². The fourth-order valence-corrected chi connectivity index (χ4v) is 2.49. The lowest BCUT2D eigenvalue weighted by Gasteiger charge is -2.10. The summed E-state index contributed by atoms with van der Waals surface area (Å²) >= 11 is 4.17. The van der Waals surface area contributed by atoms with Crippen molar-refractivity contribution < 1.29 is 19.4 Å². The Morgan fingerprint density at radius 1 is 0.913 bits per heavy atom. The third-order valence-electron chi connectivity index (χ3n) is 3.41. The van der Waals surface area contributed by atoms with E-state index in [4.69, 9.17) is 4.74 Å². The zero-order valence-electron chi connectivity index (χ0n) is 11.9. The second-order valence-electron chi connectivity index (χ2n) is 4.90. The molecule has 0 aromatic heterocycles. The standard InChI is InChI=1S/C18H12O4S/c19-17(20)15-10-5-11-3-1-2-4-14(11)16(15)18(21)22-12-6-8-13(23)9-7-12/h1-10,23H,(H,19,20). The fraction of sp³-hybridized carbons (Fsp3) is 0. The number of carboxylic acid groups (broad SMARTS) is 1. The first-order chi connectivity index (χ1) is 11.1. The molecule has 0 amide bonds. The predicted octanol–water partition coefficient (Wildman–Crippen LogP) is 4.05. The van der Waals surface area contributed by atoms with E-state index in [-0.39, 0.29) is 11.1 Å². The van der Waals surface area contributed by atoms with E-state index in [1.54, 1.807) is 42.5 Å². The van der Waals surface area contributed by atoms with Gasteiger partial charge in [-0.25, -0.2) is 9.59 Å². The Morgan fingerprint density at radius 3 is 2.30 bits per heavy atom. The van der Waals surface area contributed by atoms with Crippen molar-refractivity contribution in [2.45, 2.75) is 4.90 Å². The lowest BCUT2D eigenvalue weighted by Crippen LogP contribution is -2.14. The third kappa shape index (κ3) is 3.05. The molecule has 3 aromatic carbocycles. The average molecular weight is 324 g/mol. The van der Waals surface area contributed by atoms with E-state index in [9.17, 15) is 14.7 Å². The van der Waals surface area contributed by atoms with Crippen molar-refractivity contribution in [1.82, 2.24) is 0 Å². The molecule has 0 radical (unpaired) electrons. The van der Waals surface area contributed by atoms with Crippen LogP contribution in [-0.2, 0) is 0 Å². The third-order valence-corrected chi connectivity index (χ3v) is 3.71. The van der Waals surface area contributed by atoms with Gasteiger partial charge in [0.25, 0.3) is 0 Å².